The Bertz CT molecular complexity index is 632. The number of nitrogens with one attached hydrogen (secondary N) is 1. The topological polar surface area (TPSA) is 86.7 Å². The molecule has 0 saturated carbocycles. The van der Waals surface area contributed by atoms with E-state index in [0.29, 0.717) is 11.0 Å². The molecular formula is C12H15BrN2O4S. The van der Waals surface area contributed by atoms with Crippen molar-refractivity contribution in [3.05, 3.63) is 28.2 Å². The molecule has 0 amide bonds. The maximum atomic E-state index is 12.3. The first kappa shape index (κ1) is 15.4. The minimum absolute atomic E-state index is 0.0491. The second kappa shape index (κ2) is 5.80. The number of rotatable bonds is 4. The van der Waals surface area contributed by atoms with Crippen molar-refractivity contribution in [2.24, 2.45) is 0 Å². The van der Waals surface area contributed by atoms with E-state index in [1.54, 1.807) is 0 Å². The molecule has 6 nitrogen and oxygen atoms in total. The Hall–Kier alpha value is -0.960. The van der Waals surface area contributed by atoms with Crippen molar-refractivity contribution in [2.45, 2.75) is 17.4 Å². The zero-order valence-corrected chi connectivity index (χ0v) is 13.2. The van der Waals surface area contributed by atoms with Crippen LogP contribution in [0.2, 0.25) is 0 Å². The summed E-state index contributed by atoms with van der Waals surface area (Å²) in [6, 6.07) is 3.80. The number of sulfonamides is 1. The zero-order chi connectivity index (χ0) is 14.9. The van der Waals surface area contributed by atoms with Gasteiger partial charge in [-0.2, -0.15) is 0 Å². The lowest BCUT2D eigenvalue weighted by atomic mass is 10.2. The Kier molecular flexibility index (Phi) is 4.48. The van der Waals surface area contributed by atoms with Crippen LogP contribution in [0.25, 0.3) is 0 Å². The fourth-order valence-electron chi connectivity index (χ4n) is 2.16. The minimum atomic E-state index is -3.74. The first-order valence-corrected chi connectivity index (χ1v) is 8.31. The molecule has 2 N–H and O–H groups in total. The van der Waals surface area contributed by atoms with Gasteiger partial charge in [0, 0.05) is 17.1 Å². The number of hydrogen-bond donors (Lipinski definition) is 2. The van der Waals surface area contributed by atoms with Gasteiger partial charge in [0.2, 0.25) is 10.0 Å². The summed E-state index contributed by atoms with van der Waals surface area (Å²) in [5.74, 6) is -1.16. The highest BCUT2D eigenvalue weighted by Crippen LogP contribution is 2.24. The van der Waals surface area contributed by atoms with Crippen molar-refractivity contribution in [1.82, 2.24) is 9.62 Å². The molecule has 1 heterocycles. The van der Waals surface area contributed by atoms with Crippen molar-refractivity contribution >= 4 is 31.9 Å². The highest BCUT2D eigenvalue weighted by molar-refractivity contribution is 9.10. The molecular weight excluding hydrogens is 348 g/mol. The molecule has 0 bridgehead atoms. The van der Waals surface area contributed by atoms with Crippen LogP contribution in [0, 0.1) is 0 Å². The van der Waals surface area contributed by atoms with Gasteiger partial charge in [0.25, 0.3) is 0 Å². The van der Waals surface area contributed by atoms with Gasteiger partial charge in [0.15, 0.2) is 0 Å². The minimum Gasteiger partial charge on any atom is -0.478 e. The lowest BCUT2D eigenvalue weighted by molar-refractivity contribution is 0.0696. The molecule has 1 aromatic carbocycles. The van der Waals surface area contributed by atoms with Gasteiger partial charge in [-0.1, -0.05) is 0 Å². The van der Waals surface area contributed by atoms with E-state index < -0.39 is 16.0 Å². The third-order valence-corrected chi connectivity index (χ3v) is 5.70. The largest absolute Gasteiger partial charge is 0.478 e. The summed E-state index contributed by atoms with van der Waals surface area (Å²) < 4.78 is 27.6. The average molecular weight is 363 g/mol. The SMILES string of the molecule is CN1CCC(NS(=O)(=O)c2cc(C(=O)O)ccc2Br)C1. The summed E-state index contributed by atoms with van der Waals surface area (Å²) in [7, 11) is -1.81. The van der Waals surface area contributed by atoms with Crippen molar-refractivity contribution in [3.63, 3.8) is 0 Å². The molecule has 1 saturated heterocycles. The fraction of sp³-hybridized carbons (Fsp3) is 0.417. The number of aromatic carboxylic acids is 1. The van der Waals surface area contributed by atoms with Gasteiger partial charge >= 0.3 is 5.97 Å². The van der Waals surface area contributed by atoms with Gasteiger partial charge < -0.3 is 10.0 Å². The predicted octanol–water partition coefficient (Wildman–Crippen LogP) is 1.13. The Morgan fingerprint density at radius 3 is 2.75 bits per heavy atom. The van der Waals surface area contributed by atoms with E-state index >= 15 is 0 Å². The van der Waals surface area contributed by atoms with E-state index in [4.69, 9.17) is 5.11 Å². The number of carboxylic acids is 1. The lowest BCUT2D eigenvalue weighted by Crippen LogP contribution is -2.36. The van der Waals surface area contributed by atoms with Crippen LogP contribution in [-0.2, 0) is 10.0 Å². The molecule has 0 radical (unpaired) electrons. The molecule has 1 aliphatic rings. The molecule has 1 aliphatic heterocycles. The van der Waals surface area contributed by atoms with Gasteiger partial charge in [-0.25, -0.2) is 17.9 Å². The van der Waals surface area contributed by atoms with Crippen molar-refractivity contribution in [2.75, 3.05) is 20.1 Å². The smallest absolute Gasteiger partial charge is 0.335 e. The van der Waals surface area contributed by atoms with Crippen LogP contribution < -0.4 is 4.72 Å². The summed E-state index contributed by atoms with van der Waals surface area (Å²) in [6.45, 7) is 1.49. The summed E-state index contributed by atoms with van der Waals surface area (Å²) in [5, 5.41) is 8.95. The Morgan fingerprint density at radius 1 is 1.50 bits per heavy atom. The molecule has 1 atom stereocenters. The number of carboxylic acid groups (broad SMARTS) is 1. The zero-order valence-electron chi connectivity index (χ0n) is 10.8. The van der Waals surface area contributed by atoms with Gasteiger partial charge in [0.1, 0.15) is 0 Å². The van der Waals surface area contributed by atoms with Crippen LogP contribution >= 0.6 is 15.9 Å². The van der Waals surface area contributed by atoms with Crippen molar-refractivity contribution < 1.29 is 18.3 Å². The standard InChI is InChI=1S/C12H15BrN2O4S/c1-15-5-4-9(7-15)14-20(18,19)11-6-8(12(16)17)2-3-10(11)13/h2-3,6,9,14H,4-5,7H2,1H3,(H,16,17). The number of nitrogens with zero attached hydrogens (tertiary/aromatic N) is 1. The van der Waals surface area contributed by atoms with Gasteiger partial charge in [-0.3, -0.25) is 0 Å². The Balaban J connectivity index is 2.29. The van der Waals surface area contributed by atoms with E-state index in [0.717, 1.165) is 19.0 Å². The molecule has 1 aromatic rings. The first-order chi connectivity index (χ1) is 9.29. The average Bonchev–Trinajstić information content (AvgIpc) is 2.73. The van der Waals surface area contributed by atoms with Crippen LogP contribution in [0.15, 0.2) is 27.6 Å². The lowest BCUT2D eigenvalue weighted by Gasteiger charge is -2.14. The third kappa shape index (κ3) is 3.38. The number of likely N-dealkylation sites (N-methyl/N-ethyl adjacent to an activating group) is 1. The van der Waals surface area contributed by atoms with Gasteiger partial charge in [-0.15, -0.1) is 0 Å². The number of hydrogen-bond acceptors (Lipinski definition) is 4. The number of likely N-dealkylation sites (tertiary alicyclic amines) is 1. The van der Waals surface area contributed by atoms with Crippen LogP contribution in [0.5, 0.6) is 0 Å². The fourth-order valence-corrected chi connectivity index (χ4v) is 4.41. The molecule has 8 heteroatoms. The number of benzene rings is 1. The highest BCUT2D eigenvalue weighted by Gasteiger charge is 2.27. The quantitative estimate of drug-likeness (QED) is 0.838. The molecule has 20 heavy (non-hydrogen) atoms. The number of carbonyl (C=O) groups is 1. The van der Waals surface area contributed by atoms with Gasteiger partial charge in [0.05, 0.1) is 10.5 Å². The highest BCUT2D eigenvalue weighted by atomic mass is 79.9. The Labute approximate surface area is 126 Å². The molecule has 2 rings (SSSR count). The maximum absolute atomic E-state index is 12.3. The van der Waals surface area contributed by atoms with Gasteiger partial charge in [-0.05, 0) is 54.1 Å². The van der Waals surface area contributed by atoms with Crippen LogP contribution in [-0.4, -0.2) is 50.6 Å². The summed E-state index contributed by atoms with van der Waals surface area (Å²) in [5.41, 5.74) is -0.0582. The van der Waals surface area contributed by atoms with E-state index in [1.807, 2.05) is 11.9 Å². The first-order valence-electron chi connectivity index (χ1n) is 6.03. The van der Waals surface area contributed by atoms with E-state index in [1.165, 1.54) is 12.1 Å². The third-order valence-electron chi connectivity index (χ3n) is 3.18. The van der Waals surface area contributed by atoms with Crippen LogP contribution in [0.3, 0.4) is 0 Å². The second-order valence-electron chi connectivity index (χ2n) is 4.82. The van der Waals surface area contributed by atoms with E-state index in [9.17, 15) is 13.2 Å². The Morgan fingerprint density at radius 2 is 2.20 bits per heavy atom. The maximum Gasteiger partial charge on any atom is 0.335 e. The molecule has 0 aliphatic carbocycles. The molecule has 0 spiro atoms. The normalized spacial score (nSPS) is 20.2. The second-order valence-corrected chi connectivity index (χ2v) is 7.36. The van der Waals surface area contributed by atoms with Crippen molar-refractivity contribution in [3.8, 4) is 0 Å². The summed E-state index contributed by atoms with van der Waals surface area (Å²) >= 11 is 3.15. The van der Waals surface area contributed by atoms with Crippen LogP contribution in [0.4, 0.5) is 0 Å². The summed E-state index contributed by atoms with van der Waals surface area (Å²) in [6.07, 6.45) is 0.742. The predicted molar refractivity (Wildman–Crippen MR) is 77.3 cm³/mol. The monoisotopic (exact) mass is 362 g/mol. The summed E-state index contributed by atoms with van der Waals surface area (Å²) in [4.78, 5) is 12.9. The molecule has 110 valence electrons. The van der Waals surface area contributed by atoms with E-state index in [-0.39, 0.29) is 16.5 Å². The molecule has 1 fully saturated rings. The van der Waals surface area contributed by atoms with Crippen LogP contribution in [0.1, 0.15) is 16.8 Å². The number of halogens is 1. The molecule has 0 aromatic heterocycles. The van der Waals surface area contributed by atoms with E-state index in [2.05, 4.69) is 20.7 Å². The molecule has 1 unspecified atom stereocenters. The van der Waals surface area contributed by atoms with Crippen molar-refractivity contribution in [1.29, 1.82) is 0 Å².